The van der Waals surface area contributed by atoms with E-state index in [4.69, 9.17) is 12.2 Å². The van der Waals surface area contributed by atoms with Gasteiger partial charge in [0.2, 0.25) is 5.91 Å². The molecule has 39 heavy (non-hydrogen) atoms. The van der Waals surface area contributed by atoms with E-state index < -0.39 is 0 Å². The van der Waals surface area contributed by atoms with Gasteiger partial charge in [-0.05, 0) is 86.4 Å². The lowest BCUT2D eigenvalue weighted by Crippen LogP contribution is -2.32. The van der Waals surface area contributed by atoms with E-state index in [0.717, 1.165) is 17.8 Å². The number of aromatic nitrogens is 2. The zero-order valence-electron chi connectivity index (χ0n) is 22.9. The van der Waals surface area contributed by atoms with Gasteiger partial charge in [-0.3, -0.25) is 9.78 Å². The highest BCUT2D eigenvalue weighted by Gasteiger charge is 2.41. The molecule has 0 saturated carbocycles. The number of hydrogen-bond acceptors (Lipinski definition) is 3. The topological polar surface area (TPSA) is 62.2 Å². The first-order valence-corrected chi connectivity index (χ1v) is 13.9. The summed E-state index contributed by atoms with van der Waals surface area (Å²) in [6.45, 7) is 9.22. The van der Waals surface area contributed by atoms with Crippen LogP contribution in [-0.4, -0.2) is 32.0 Å². The molecule has 4 aromatic rings. The Balaban J connectivity index is 1.52. The van der Waals surface area contributed by atoms with Crippen LogP contribution in [-0.2, 0) is 11.2 Å². The molecule has 0 bridgehead atoms. The fourth-order valence-electron chi connectivity index (χ4n) is 5.71. The Labute approximate surface area is 236 Å². The molecule has 1 saturated heterocycles. The van der Waals surface area contributed by atoms with Crippen LogP contribution >= 0.6 is 12.2 Å². The molecular formula is C32H35N5OS. The molecule has 0 aliphatic carbocycles. The molecule has 2 aromatic carbocycles. The van der Waals surface area contributed by atoms with Crippen LogP contribution in [0.1, 0.15) is 59.2 Å². The van der Waals surface area contributed by atoms with E-state index in [1.54, 1.807) is 0 Å². The van der Waals surface area contributed by atoms with Crippen molar-refractivity contribution in [2.24, 2.45) is 0 Å². The zero-order chi connectivity index (χ0) is 27.5. The van der Waals surface area contributed by atoms with Crippen molar-refractivity contribution < 1.29 is 4.79 Å². The van der Waals surface area contributed by atoms with Crippen molar-refractivity contribution in [1.29, 1.82) is 0 Å². The first-order valence-electron chi connectivity index (χ1n) is 13.5. The quantitative estimate of drug-likeness (QED) is 0.256. The maximum Gasteiger partial charge on any atom is 0.226 e. The third-order valence-corrected chi connectivity index (χ3v) is 7.90. The van der Waals surface area contributed by atoms with Gasteiger partial charge in [0.05, 0.1) is 23.5 Å². The normalized spacial score (nSPS) is 16.8. The molecule has 0 radical (unpaired) electrons. The number of carbonyl (C=O) groups is 1. The van der Waals surface area contributed by atoms with Gasteiger partial charge in [0.1, 0.15) is 0 Å². The van der Waals surface area contributed by atoms with Crippen LogP contribution in [0, 0.1) is 20.8 Å². The molecule has 7 heteroatoms. The number of aryl methyl sites for hydroxylation is 3. The lowest BCUT2D eigenvalue weighted by Gasteiger charge is -2.28. The van der Waals surface area contributed by atoms with Crippen LogP contribution in [0.4, 0.5) is 5.69 Å². The average molecular weight is 538 g/mol. The van der Waals surface area contributed by atoms with E-state index in [2.05, 4.69) is 77.0 Å². The van der Waals surface area contributed by atoms with Gasteiger partial charge in [-0.15, -0.1) is 0 Å². The molecule has 3 heterocycles. The third kappa shape index (κ3) is 5.32. The van der Waals surface area contributed by atoms with Crippen molar-refractivity contribution in [3.05, 3.63) is 113 Å². The lowest BCUT2D eigenvalue weighted by molar-refractivity contribution is -0.116. The predicted molar refractivity (Wildman–Crippen MR) is 161 cm³/mol. The number of carbonyl (C=O) groups excluding carboxylic acids is 1. The van der Waals surface area contributed by atoms with E-state index in [0.29, 0.717) is 18.1 Å². The lowest BCUT2D eigenvalue weighted by atomic mass is 9.96. The Bertz CT molecular complexity index is 1480. The van der Waals surface area contributed by atoms with Gasteiger partial charge in [-0.25, -0.2) is 0 Å². The first kappa shape index (κ1) is 26.6. The summed E-state index contributed by atoms with van der Waals surface area (Å²) in [5.74, 6) is -0.0398. The molecule has 2 aromatic heterocycles. The SMILES string of the molecule is CCc1cccc(C)c1-n1c(C)cc(C2C(c3ccccn3)NC(=S)N2CCC(=O)Nc2ccccc2)c1C. The molecule has 6 nitrogen and oxygen atoms in total. The van der Waals surface area contributed by atoms with Crippen molar-refractivity contribution >= 4 is 28.9 Å². The summed E-state index contributed by atoms with van der Waals surface area (Å²) < 4.78 is 2.38. The van der Waals surface area contributed by atoms with E-state index >= 15 is 0 Å². The third-order valence-electron chi connectivity index (χ3n) is 7.55. The number of nitrogens with zero attached hydrogens (tertiary/aromatic N) is 3. The fourth-order valence-corrected chi connectivity index (χ4v) is 6.04. The number of pyridine rings is 1. The number of anilines is 1. The molecule has 2 unspecified atom stereocenters. The molecule has 1 amide bonds. The maximum absolute atomic E-state index is 12.9. The minimum atomic E-state index is -0.132. The van der Waals surface area contributed by atoms with Crippen LogP contribution in [0.3, 0.4) is 0 Å². The zero-order valence-corrected chi connectivity index (χ0v) is 23.8. The van der Waals surface area contributed by atoms with Gasteiger partial charge in [0.25, 0.3) is 0 Å². The van der Waals surface area contributed by atoms with Crippen LogP contribution in [0.5, 0.6) is 0 Å². The minimum absolute atomic E-state index is 0.0398. The van der Waals surface area contributed by atoms with Crippen molar-refractivity contribution in [2.45, 2.75) is 52.6 Å². The Morgan fingerprint density at radius 2 is 1.79 bits per heavy atom. The molecule has 1 fully saturated rings. The molecule has 1 aliphatic heterocycles. The van der Waals surface area contributed by atoms with Gasteiger partial charge >= 0.3 is 0 Å². The summed E-state index contributed by atoms with van der Waals surface area (Å²) in [5.41, 5.74) is 9.07. The second-order valence-electron chi connectivity index (χ2n) is 10.1. The van der Waals surface area contributed by atoms with Gasteiger partial charge in [0, 0.05) is 36.2 Å². The number of benzene rings is 2. The summed E-state index contributed by atoms with van der Waals surface area (Å²) >= 11 is 5.86. The van der Waals surface area contributed by atoms with Crippen molar-refractivity contribution in [1.82, 2.24) is 19.8 Å². The predicted octanol–water partition coefficient (Wildman–Crippen LogP) is 6.36. The van der Waals surface area contributed by atoms with E-state index in [9.17, 15) is 4.79 Å². The van der Waals surface area contributed by atoms with Crippen LogP contribution in [0.15, 0.2) is 79.0 Å². The van der Waals surface area contributed by atoms with E-state index in [1.165, 1.54) is 33.8 Å². The van der Waals surface area contributed by atoms with Crippen LogP contribution in [0.2, 0.25) is 0 Å². The molecule has 5 rings (SSSR count). The smallest absolute Gasteiger partial charge is 0.226 e. The van der Waals surface area contributed by atoms with Gasteiger partial charge in [-0.1, -0.05) is 49.4 Å². The summed E-state index contributed by atoms with van der Waals surface area (Å²) in [5, 5.41) is 7.16. The molecule has 0 spiro atoms. The Morgan fingerprint density at radius 3 is 2.51 bits per heavy atom. The second-order valence-corrected chi connectivity index (χ2v) is 10.5. The van der Waals surface area contributed by atoms with Crippen molar-refractivity contribution in [3.63, 3.8) is 0 Å². The van der Waals surface area contributed by atoms with Crippen molar-refractivity contribution in [3.8, 4) is 5.69 Å². The molecule has 2 atom stereocenters. The molecule has 200 valence electrons. The van der Waals surface area contributed by atoms with Gasteiger partial charge in [-0.2, -0.15) is 0 Å². The monoisotopic (exact) mass is 537 g/mol. The highest BCUT2D eigenvalue weighted by atomic mass is 32.1. The number of rotatable bonds is 8. The average Bonchev–Trinajstić information content (AvgIpc) is 3.42. The highest BCUT2D eigenvalue weighted by Crippen LogP contribution is 2.42. The Kier molecular flexibility index (Phi) is 7.79. The number of amides is 1. The minimum Gasteiger partial charge on any atom is -0.352 e. The number of thiocarbonyl (C=S) groups is 1. The summed E-state index contributed by atoms with van der Waals surface area (Å²) in [7, 11) is 0. The van der Waals surface area contributed by atoms with E-state index in [1.807, 2.05) is 54.7 Å². The second kappa shape index (κ2) is 11.4. The van der Waals surface area contributed by atoms with Crippen LogP contribution in [0.25, 0.3) is 5.69 Å². The van der Waals surface area contributed by atoms with Gasteiger partial charge < -0.3 is 20.1 Å². The number of para-hydroxylation sites is 2. The maximum atomic E-state index is 12.9. The number of hydrogen-bond donors (Lipinski definition) is 2. The van der Waals surface area contributed by atoms with E-state index in [-0.39, 0.29) is 18.0 Å². The molecular weight excluding hydrogens is 502 g/mol. The van der Waals surface area contributed by atoms with Gasteiger partial charge in [0.15, 0.2) is 5.11 Å². The van der Waals surface area contributed by atoms with Crippen molar-refractivity contribution in [2.75, 3.05) is 11.9 Å². The summed E-state index contributed by atoms with van der Waals surface area (Å²) in [6, 6.07) is 24.1. The largest absolute Gasteiger partial charge is 0.352 e. The summed E-state index contributed by atoms with van der Waals surface area (Å²) in [4.78, 5) is 19.7. The van der Waals surface area contributed by atoms with Crippen LogP contribution < -0.4 is 10.6 Å². The fraction of sp³-hybridized carbons (Fsp3) is 0.281. The Hall–Kier alpha value is -3.97. The molecule has 2 N–H and O–H groups in total. The molecule has 1 aliphatic rings. The first-order chi connectivity index (χ1) is 18.9. The highest BCUT2D eigenvalue weighted by molar-refractivity contribution is 7.80. The standard InChI is InChI=1S/C32H35N5OS/c1-5-24-13-11-12-21(2)30(24)37-22(3)20-26(23(37)4)31-29(27-16-9-10-18-33-27)35-32(39)36(31)19-17-28(38)34-25-14-7-6-8-15-25/h6-16,18,20,29,31H,5,17,19H2,1-4H3,(H,34,38)(H,35,39). The Morgan fingerprint density at radius 1 is 1.03 bits per heavy atom. The number of nitrogens with one attached hydrogen (secondary N) is 2. The summed E-state index contributed by atoms with van der Waals surface area (Å²) in [6.07, 6.45) is 3.09.